The van der Waals surface area contributed by atoms with Crippen molar-refractivity contribution in [3.05, 3.63) is 29.8 Å². The highest BCUT2D eigenvalue weighted by atomic mass is 16.5. The maximum absolute atomic E-state index is 9.97. The van der Waals surface area contributed by atoms with Gasteiger partial charge in [-0.15, -0.1) is 0 Å². The smallest absolute Gasteiger partial charge is 0.407 e. The van der Waals surface area contributed by atoms with Crippen LogP contribution in [0.3, 0.4) is 0 Å². The fourth-order valence-corrected chi connectivity index (χ4v) is 1.04. The highest BCUT2D eigenvalue weighted by molar-refractivity contribution is 5.64. The fourth-order valence-electron chi connectivity index (χ4n) is 1.04. The zero-order valence-corrected chi connectivity index (χ0v) is 11.2. The van der Waals surface area contributed by atoms with E-state index in [1.165, 1.54) is 11.9 Å². The molecule has 1 rings (SSSR count). The number of benzene rings is 1. The first-order chi connectivity index (χ1) is 8.92. The van der Waals surface area contributed by atoms with Crippen molar-refractivity contribution in [2.24, 2.45) is 0 Å². The number of carboxylic acid groups (broad SMARTS) is 1. The van der Waals surface area contributed by atoms with Crippen molar-refractivity contribution in [2.45, 2.75) is 20.0 Å². The summed E-state index contributed by atoms with van der Waals surface area (Å²) in [7, 11) is 1.53. The lowest BCUT2D eigenvalue weighted by Gasteiger charge is -2.06. The zero-order chi connectivity index (χ0) is 14.8. The average Bonchev–Trinajstić information content (AvgIpc) is 2.39. The first-order valence-corrected chi connectivity index (χ1v) is 5.74. The zero-order valence-electron chi connectivity index (χ0n) is 11.2. The van der Waals surface area contributed by atoms with Gasteiger partial charge in [0.1, 0.15) is 5.75 Å². The number of rotatable bonds is 4. The molecule has 0 saturated carbocycles. The van der Waals surface area contributed by atoms with Crippen LogP contribution in [0, 0.1) is 0 Å². The van der Waals surface area contributed by atoms with Gasteiger partial charge in [-0.25, -0.2) is 4.79 Å². The van der Waals surface area contributed by atoms with Crippen molar-refractivity contribution < 1.29 is 24.5 Å². The van der Waals surface area contributed by atoms with E-state index in [0.29, 0.717) is 18.8 Å². The van der Waals surface area contributed by atoms with E-state index < -0.39 is 12.2 Å². The molecule has 0 radical (unpaired) electrons. The molecule has 0 spiro atoms. The van der Waals surface area contributed by atoms with Gasteiger partial charge in [-0.05, 0) is 31.5 Å². The normalized spacial score (nSPS) is 10.7. The van der Waals surface area contributed by atoms with Crippen molar-refractivity contribution in [3.63, 3.8) is 0 Å². The molecule has 1 amide bonds. The summed E-state index contributed by atoms with van der Waals surface area (Å²) in [6.45, 7) is 4.35. The Morgan fingerprint density at radius 2 is 2.16 bits per heavy atom. The lowest BCUT2D eigenvalue weighted by atomic mass is 10.1. The van der Waals surface area contributed by atoms with Crippen molar-refractivity contribution in [1.82, 2.24) is 4.90 Å². The molecule has 2 N–H and O–H groups in total. The van der Waals surface area contributed by atoms with E-state index in [9.17, 15) is 14.7 Å². The van der Waals surface area contributed by atoms with Crippen LogP contribution in [-0.2, 0) is 4.79 Å². The van der Waals surface area contributed by atoms with Crippen LogP contribution in [0.25, 0.3) is 0 Å². The first kappa shape index (κ1) is 16.9. The van der Waals surface area contributed by atoms with Gasteiger partial charge in [-0.3, -0.25) is 4.79 Å². The van der Waals surface area contributed by atoms with E-state index in [0.717, 1.165) is 5.56 Å². The number of amides is 1. The topological polar surface area (TPSA) is 87.1 Å². The fraction of sp³-hybridized carbons (Fsp3) is 0.385. The Morgan fingerprint density at radius 1 is 1.53 bits per heavy atom. The highest BCUT2D eigenvalue weighted by Gasteiger charge is 2.01. The summed E-state index contributed by atoms with van der Waals surface area (Å²) in [5.41, 5.74) is 0.731. The lowest BCUT2D eigenvalue weighted by Crippen LogP contribution is -2.23. The summed E-state index contributed by atoms with van der Waals surface area (Å²) in [6, 6.07) is 6.77. The standard InChI is InChI=1S/C9H10O3.C4H9NO2/c1-7(11)8-3-2-4-9(5-8)12-6-10;1-3-5(2)4(6)7/h2-7,11H,1H3;3H2,1-2H3,(H,6,7)/t7-;/m1./s1. The predicted molar refractivity (Wildman–Crippen MR) is 70.1 cm³/mol. The number of hydrogen-bond acceptors (Lipinski definition) is 4. The molecular weight excluding hydrogens is 250 g/mol. The Bertz CT molecular complexity index is 406. The van der Waals surface area contributed by atoms with E-state index in [-0.39, 0.29) is 0 Å². The Kier molecular flexibility index (Phi) is 7.95. The molecule has 106 valence electrons. The van der Waals surface area contributed by atoms with Gasteiger partial charge in [-0.2, -0.15) is 0 Å². The maximum Gasteiger partial charge on any atom is 0.407 e. The molecule has 6 heteroatoms. The molecule has 0 saturated heterocycles. The molecule has 0 unspecified atom stereocenters. The summed E-state index contributed by atoms with van der Waals surface area (Å²) in [5, 5.41) is 17.3. The average molecular weight is 269 g/mol. The van der Waals surface area contributed by atoms with Crippen LogP contribution < -0.4 is 4.74 Å². The van der Waals surface area contributed by atoms with E-state index in [1.807, 2.05) is 0 Å². The van der Waals surface area contributed by atoms with Crippen LogP contribution in [0.4, 0.5) is 4.79 Å². The van der Waals surface area contributed by atoms with Gasteiger partial charge in [-0.1, -0.05) is 12.1 Å². The first-order valence-electron chi connectivity index (χ1n) is 5.74. The van der Waals surface area contributed by atoms with Gasteiger partial charge < -0.3 is 19.8 Å². The predicted octanol–water partition coefficient (Wildman–Crippen LogP) is 1.89. The summed E-state index contributed by atoms with van der Waals surface area (Å²) < 4.78 is 4.61. The van der Waals surface area contributed by atoms with E-state index in [1.54, 1.807) is 38.1 Å². The van der Waals surface area contributed by atoms with Gasteiger partial charge >= 0.3 is 6.09 Å². The number of aliphatic hydroxyl groups excluding tert-OH is 1. The molecule has 0 aliphatic heterocycles. The van der Waals surface area contributed by atoms with Crippen LogP contribution in [0.2, 0.25) is 0 Å². The summed E-state index contributed by atoms with van der Waals surface area (Å²) >= 11 is 0. The third kappa shape index (κ3) is 7.05. The summed E-state index contributed by atoms with van der Waals surface area (Å²) in [6.07, 6.45) is -1.41. The second-order valence-corrected chi connectivity index (χ2v) is 3.76. The van der Waals surface area contributed by atoms with Crippen molar-refractivity contribution in [2.75, 3.05) is 13.6 Å². The molecule has 0 aliphatic carbocycles. The number of nitrogens with zero attached hydrogens (tertiary/aromatic N) is 1. The van der Waals surface area contributed by atoms with E-state index in [2.05, 4.69) is 4.74 Å². The molecule has 0 aromatic heterocycles. The number of hydrogen-bond donors (Lipinski definition) is 2. The molecule has 0 heterocycles. The van der Waals surface area contributed by atoms with Crippen molar-refractivity contribution >= 4 is 12.6 Å². The monoisotopic (exact) mass is 269 g/mol. The van der Waals surface area contributed by atoms with Crippen LogP contribution in [-0.4, -0.2) is 41.3 Å². The maximum atomic E-state index is 9.97. The van der Waals surface area contributed by atoms with Crippen LogP contribution >= 0.6 is 0 Å². The van der Waals surface area contributed by atoms with Crippen LogP contribution in [0.15, 0.2) is 24.3 Å². The third-order valence-corrected chi connectivity index (χ3v) is 2.33. The Hall–Kier alpha value is -2.08. The summed E-state index contributed by atoms with van der Waals surface area (Å²) in [5.74, 6) is 0.448. The van der Waals surface area contributed by atoms with Crippen molar-refractivity contribution in [3.8, 4) is 5.75 Å². The number of carbonyl (C=O) groups is 2. The lowest BCUT2D eigenvalue weighted by molar-refractivity contribution is -0.120. The van der Waals surface area contributed by atoms with Gasteiger partial charge in [0, 0.05) is 13.6 Å². The molecule has 0 fully saturated rings. The van der Waals surface area contributed by atoms with Gasteiger partial charge in [0.25, 0.3) is 6.47 Å². The molecular formula is C13H19NO5. The summed E-state index contributed by atoms with van der Waals surface area (Å²) in [4.78, 5) is 21.0. The third-order valence-electron chi connectivity index (χ3n) is 2.33. The quantitative estimate of drug-likeness (QED) is 0.815. The van der Waals surface area contributed by atoms with E-state index >= 15 is 0 Å². The molecule has 1 aromatic rings. The van der Waals surface area contributed by atoms with Crippen LogP contribution in [0.5, 0.6) is 5.75 Å². The molecule has 19 heavy (non-hydrogen) atoms. The molecule has 0 aliphatic rings. The largest absolute Gasteiger partial charge is 0.465 e. The Labute approximate surface area is 112 Å². The molecule has 0 bridgehead atoms. The molecule has 1 atom stereocenters. The molecule has 1 aromatic carbocycles. The number of ether oxygens (including phenoxy) is 1. The van der Waals surface area contributed by atoms with E-state index in [4.69, 9.17) is 5.11 Å². The second-order valence-electron chi connectivity index (χ2n) is 3.76. The Balaban J connectivity index is 0.000000399. The minimum absolute atomic E-state index is 0.362. The number of aliphatic hydroxyl groups is 1. The van der Waals surface area contributed by atoms with Crippen LogP contribution in [0.1, 0.15) is 25.5 Å². The van der Waals surface area contributed by atoms with Gasteiger partial charge in [0.2, 0.25) is 0 Å². The minimum Gasteiger partial charge on any atom is -0.465 e. The van der Waals surface area contributed by atoms with Crippen molar-refractivity contribution in [1.29, 1.82) is 0 Å². The SMILES string of the molecule is CCN(C)C(=O)O.C[C@@H](O)c1cccc(OC=O)c1. The molecule has 6 nitrogen and oxygen atoms in total. The Morgan fingerprint density at radius 3 is 2.53 bits per heavy atom. The van der Waals surface area contributed by atoms with Gasteiger partial charge in [0.15, 0.2) is 0 Å². The number of carbonyl (C=O) groups excluding carboxylic acids is 1. The van der Waals surface area contributed by atoms with Gasteiger partial charge in [0.05, 0.1) is 6.10 Å². The highest BCUT2D eigenvalue weighted by Crippen LogP contribution is 2.17. The minimum atomic E-state index is -0.873. The second kappa shape index (κ2) is 8.93.